The Morgan fingerprint density at radius 1 is 1.00 bits per heavy atom. The zero-order chi connectivity index (χ0) is 15.2. The number of aromatic nitrogens is 2. The molecule has 21 heavy (non-hydrogen) atoms. The van der Waals surface area contributed by atoms with E-state index < -0.39 is 0 Å². The van der Waals surface area contributed by atoms with Crippen molar-refractivity contribution in [3.05, 3.63) is 22.7 Å². The first kappa shape index (κ1) is 17.6. The molecule has 0 spiro atoms. The summed E-state index contributed by atoms with van der Waals surface area (Å²) in [6.45, 7) is 5.77. The Morgan fingerprint density at radius 2 is 1.62 bits per heavy atom. The van der Waals surface area contributed by atoms with Gasteiger partial charge in [0.2, 0.25) is 0 Å². The fraction of sp³-hybridized carbons (Fsp3) is 0.714. The quantitative estimate of drug-likeness (QED) is 0.547. The number of hydrogen-bond donors (Lipinski definition) is 1. The van der Waals surface area contributed by atoms with E-state index in [2.05, 4.69) is 16.9 Å². The second-order valence-corrected chi connectivity index (χ2v) is 4.26. The molecule has 0 bridgehead atoms. The van der Waals surface area contributed by atoms with Gasteiger partial charge in [0.1, 0.15) is 6.61 Å². The number of rotatable bonds is 13. The van der Waals surface area contributed by atoms with Crippen LogP contribution in [0.15, 0.2) is 17.2 Å². The maximum atomic E-state index is 11.2. The van der Waals surface area contributed by atoms with Crippen LogP contribution in [0.2, 0.25) is 0 Å². The Balaban J connectivity index is 1.85. The number of nitrogens with one attached hydrogen (secondary N) is 1. The fourth-order valence-electron chi connectivity index (χ4n) is 1.43. The van der Waals surface area contributed by atoms with Gasteiger partial charge in [-0.05, 0) is 6.42 Å². The van der Waals surface area contributed by atoms with Gasteiger partial charge in [0.15, 0.2) is 0 Å². The Kier molecular flexibility index (Phi) is 10.3. The van der Waals surface area contributed by atoms with Crippen molar-refractivity contribution in [1.82, 2.24) is 9.97 Å². The fourth-order valence-corrected chi connectivity index (χ4v) is 1.43. The average Bonchev–Trinajstić information content (AvgIpc) is 2.50. The summed E-state index contributed by atoms with van der Waals surface area (Å²) in [6.07, 6.45) is 5.15. The summed E-state index contributed by atoms with van der Waals surface area (Å²) in [5, 5.41) is 0. The molecule has 0 aromatic carbocycles. The summed E-state index contributed by atoms with van der Waals surface area (Å²) < 4.78 is 21.2. The smallest absolute Gasteiger partial charge is 0.310 e. The van der Waals surface area contributed by atoms with Crippen molar-refractivity contribution in [2.24, 2.45) is 0 Å². The molecule has 1 aromatic rings. The van der Waals surface area contributed by atoms with Gasteiger partial charge in [0, 0.05) is 19.0 Å². The second kappa shape index (κ2) is 12.3. The van der Waals surface area contributed by atoms with E-state index in [4.69, 9.17) is 18.9 Å². The largest absolute Gasteiger partial charge is 0.471 e. The Labute approximate surface area is 124 Å². The molecular formula is C14H24N2O5. The highest BCUT2D eigenvalue weighted by molar-refractivity contribution is 5.01. The minimum Gasteiger partial charge on any atom is -0.471 e. The van der Waals surface area contributed by atoms with E-state index in [1.165, 1.54) is 12.4 Å². The van der Waals surface area contributed by atoms with Gasteiger partial charge in [-0.2, -0.15) is 0 Å². The molecule has 0 radical (unpaired) electrons. The first-order chi connectivity index (χ1) is 10.3. The van der Waals surface area contributed by atoms with Crippen molar-refractivity contribution in [3.63, 3.8) is 0 Å². The zero-order valence-electron chi connectivity index (χ0n) is 12.5. The van der Waals surface area contributed by atoms with Crippen LogP contribution in [-0.2, 0) is 14.2 Å². The van der Waals surface area contributed by atoms with Crippen LogP contribution in [0, 0.1) is 0 Å². The van der Waals surface area contributed by atoms with Gasteiger partial charge >= 0.3 is 5.56 Å². The first-order valence-corrected chi connectivity index (χ1v) is 7.24. The zero-order valence-corrected chi connectivity index (χ0v) is 12.5. The monoisotopic (exact) mass is 300 g/mol. The number of unbranched alkanes of at least 4 members (excludes halogenated alkanes) is 1. The Bertz CT molecular complexity index is 410. The third-order valence-electron chi connectivity index (χ3n) is 2.53. The highest BCUT2D eigenvalue weighted by Gasteiger charge is 1.99. The van der Waals surface area contributed by atoms with Gasteiger partial charge in [-0.25, -0.2) is 4.98 Å². The van der Waals surface area contributed by atoms with E-state index in [1.54, 1.807) is 0 Å². The maximum Gasteiger partial charge on any atom is 0.310 e. The van der Waals surface area contributed by atoms with Gasteiger partial charge in [-0.1, -0.05) is 13.3 Å². The lowest BCUT2D eigenvalue weighted by Gasteiger charge is -2.07. The Hall–Kier alpha value is -1.44. The molecule has 0 amide bonds. The van der Waals surface area contributed by atoms with Crippen LogP contribution >= 0.6 is 0 Å². The van der Waals surface area contributed by atoms with Crippen LogP contribution in [-0.4, -0.2) is 56.2 Å². The summed E-state index contributed by atoms with van der Waals surface area (Å²) in [4.78, 5) is 17.5. The van der Waals surface area contributed by atoms with Crippen LogP contribution in [0.4, 0.5) is 0 Å². The topological polar surface area (TPSA) is 82.7 Å². The van der Waals surface area contributed by atoms with E-state index >= 15 is 0 Å². The normalized spacial score (nSPS) is 10.7. The van der Waals surface area contributed by atoms with E-state index in [0.29, 0.717) is 33.0 Å². The molecule has 1 heterocycles. The van der Waals surface area contributed by atoms with Gasteiger partial charge < -0.3 is 23.9 Å². The molecule has 0 aliphatic carbocycles. The van der Waals surface area contributed by atoms with Gasteiger partial charge in [0.05, 0.1) is 33.0 Å². The molecule has 7 heteroatoms. The van der Waals surface area contributed by atoms with Gasteiger partial charge in [-0.3, -0.25) is 4.79 Å². The molecule has 7 nitrogen and oxygen atoms in total. The lowest BCUT2D eigenvalue weighted by molar-refractivity contribution is 0.00863. The summed E-state index contributed by atoms with van der Waals surface area (Å²) in [5.41, 5.74) is -0.344. The Morgan fingerprint density at radius 3 is 2.24 bits per heavy atom. The SMILES string of the molecule is CCCCOCCOCCOCCOc1ncc[nH]c1=O. The number of aromatic amines is 1. The third-order valence-corrected chi connectivity index (χ3v) is 2.53. The molecule has 0 fully saturated rings. The number of hydrogen-bond acceptors (Lipinski definition) is 6. The predicted molar refractivity (Wildman–Crippen MR) is 77.7 cm³/mol. The second-order valence-electron chi connectivity index (χ2n) is 4.26. The molecule has 0 saturated heterocycles. The molecule has 0 saturated carbocycles. The minimum atomic E-state index is -0.344. The average molecular weight is 300 g/mol. The highest BCUT2D eigenvalue weighted by Crippen LogP contribution is 1.93. The van der Waals surface area contributed by atoms with Crippen LogP contribution in [0.25, 0.3) is 0 Å². The van der Waals surface area contributed by atoms with Crippen LogP contribution in [0.5, 0.6) is 5.88 Å². The molecule has 0 atom stereocenters. The van der Waals surface area contributed by atoms with Crippen molar-refractivity contribution >= 4 is 0 Å². The van der Waals surface area contributed by atoms with Crippen LogP contribution in [0.3, 0.4) is 0 Å². The standard InChI is InChI=1S/C14H24N2O5/c1-2-3-6-18-7-8-19-9-10-20-11-12-21-14-13(17)15-4-5-16-14/h4-5H,2-3,6-12H2,1H3,(H,15,17). The lowest BCUT2D eigenvalue weighted by Crippen LogP contribution is -2.17. The van der Waals surface area contributed by atoms with Crippen molar-refractivity contribution in [1.29, 1.82) is 0 Å². The molecule has 0 aliphatic rings. The van der Waals surface area contributed by atoms with Crippen molar-refractivity contribution in [2.45, 2.75) is 19.8 Å². The number of nitrogens with zero attached hydrogens (tertiary/aromatic N) is 1. The number of ether oxygens (including phenoxy) is 4. The third kappa shape index (κ3) is 9.17. The molecule has 1 N–H and O–H groups in total. The van der Waals surface area contributed by atoms with E-state index in [9.17, 15) is 4.79 Å². The summed E-state index contributed by atoms with van der Waals surface area (Å²) in [5.74, 6) is 0.0570. The maximum absolute atomic E-state index is 11.2. The number of H-pyrrole nitrogens is 1. The van der Waals surface area contributed by atoms with E-state index in [-0.39, 0.29) is 18.0 Å². The highest BCUT2D eigenvalue weighted by atomic mass is 16.6. The van der Waals surface area contributed by atoms with E-state index in [0.717, 1.165) is 19.4 Å². The predicted octanol–water partition coefficient (Wildman–Crippen LogP) is 0.999. The van der Waals surface area contributed by atoms with Gasteiger partial charge in [0.25, 0.3) is 5.88 Å². The molecule has 120 valence electrons. The van der Waals surface area contributed by atoms with Gasteiger partial charge in [-0.15, -0.1) is 0 Å². The lowest BCUT2D eigenvalue weighted by atomic mass is 10.4. The molecular weight excluding hydrogens is 276 g/mol. The van der Waals surface area contributed by atoms with Crippen molar-refractivity contribution in [2.75, 3.05) is 46.2 Å². The van der Waals surface area contributed by atoms with E-state index in [1.807, 2.05) is 0 Å². The molecule has 1 aromatic heterocycles. The molecule has 0 aliphatic heterocycles. The summed E-state index contributed by atoms with van der Waals surface area (Å²) in [7, 11) is 0. The molecule has 1 rings (SSSR count). The van der Waals surface area contributed by atoms with Crippen LogP contribution in [0.1, 0.15) is 19.8 Å². The summed E-state index contributed by atoms with van der Waals surface area (Å²) in [6, 6.07) is 0. The minimum absolute atomic E-state index is 0.0570. The van der Waals surface area contributed by atoms with Crippen LogP contribution < -0.4 is 10.3 Å². The van der Waals surface area contributed by atoms with Crippen molar-refractivity contribution in [3.8, 4) is 5.88 Å². The van der Waals surface area contributed by atoms with Crippen molar-refractivity contribution < 1.29 is 18.9 Å². The summed E-state index contributed by atoms with van der Waals surface area (Å²) >= 11 is 0. The molecule has 0 unspecified atom stereocenters. The first-order valence-electron chi connectivity index (χ1n) is 7.24.